The van der Waals surface area contributed by atoms with Gasteiger partial charge in [0.15, 0.2) is 0 Å². The molecule has 1 N–H and O–H groups in total. The normalized spacial score (nSPS) is 23.1. The highest BCUT2D eigenvalue weighted by atomic mass is 16.2. The van der Waals surface area contributed by atoms with Crippen LogP contribution in [-0.4, -0.2) is 25.0 Å². The van der Waals surface area contributed by atoms with Crippen LogP contribution in [-0.2, 0) is 4.79 Å². The minimum atomic E-state index is -0.0220. The Morgan fingerprint density at radius 1 is 1.39 bits per heavy atom. The topological polar surface area (TPSA) is 32.3 Å². The maximum absolute atomic E-state index is 12.5. The second-order valence-electron chi connectivity index (χ2n) is 5.12. The highest BCUT2D eigenvalue weighted by Crippen LogP contribution is 2.21. The summed E-state index contributed by atoms with van der Waals surface area (Å²) in [6, 6.07) is 8.13. The predicted molar refractivity (Wildman–Crippen MR) is 74.8 cm³/mol. The highest BCUT2D eigenvalue weighted by Gasteiger charge is 2.32. The molecule has 18 heavy (non-hydrogen) atoms. The number of hydrogen-bond donors (Lipinski definition) is 1. The highest BCUT2D eigenvalue weighted by molar-refractivity contribution is 5.97. The molecule has 1 fully saturated rings. The molecule has 3 nitrogen and oxygen atoms in total. The van der Waals surface area contributed by atoms with Crippen LogP contribution in [0.25, 0.3) is 0 Å². The molecule has 2 unspecified atom stereocenters. The minimum absolute atomic E-state index is 0.0220. The van der Waals surface area contributed by atoms with Crippen LogP contribution in [0, 0.1) is 12.8 Å². The molecule has 0 bridgehead atoms. The summed E-state index contributed by atoms with van der Waals surface area (Å²) in [6.07, 6.45) is 1.09. The van der Waals surface area contributed by atoms with Gasteiger partial charge in [0.1, 0.15) is 0 Å². The lowest BCUT2D eigenvalue weighted by Crippen LogP contribution is -2.46. The van der Waals surface area contributed by atoms with Crippen LogP contribution in [0.15, 0.2) is 24.3 Å². The van der Waals surface area contributed by atoms with Crippen molar-refractivity contribution in [3.05, 3.63) is 29.8 Å². The first-order chi connectivity index (χ1) is 8.63. The lowest BCUT2D eigenvalue weighted by Gasteiger charge is -2.26. The number of anilines is 1. The molecule has 0 saturated carbocycles. The third-order valence-electron chi connectivity index (χ3n) is 3.73. The predicted octanol–water partition coefficient (Wildman–Crippen LogP) is 2.35. The molecule has 1 amide bonds. The number of carbonyl (C=O) groups excluding carboxylic acids is 1. The van der Waals surface area contributed by atoms with Crippen molar-refractivity contribution < 1.29 is 4.79 Å². The Bertz CT molecular complexity index is 413. The molecule has 1 heterocycles. The van der Waals surface area contributed by atoms with Gasteiger partial charge in [-0.05, 0) is 44.9 Å². The Kier molecular flexibility index (Phi) is 4.02. The molecule has 0 aromatic heterocycles. The number of hydrogen-bond acceptors (Lipinski definition) is 2. The van der Waals surface area contributed by atoms with Crippen LogP contribution in [0.4, 0.5) is 5.69 Å². The van der Waals surface area contributed by atoms with E-state index in [2.05, 4.69) is 31.3 Å². The van der Waals surface area contributed by atoms with Crippen molar-refractivity contribution in [2.24, 2.45) is 5.92 Å². The summed E-state index contributed by atoms with van der Waals surface area (Å²) in [4.78, 5) is 14.4. The summed E-state index contributed by atoms with van der Waals surface area (Å²) < 4.78 is 0. The second-order valence-corrected chi connectivity index (χ2v) is 5.12. The van der Waals surface area contributed by atoms with E-state index in [9.17, 15) is 4.79 Å². The van der Waals surface area contributed by atoms with E-state index >= 15 is 0 Å². The summed E-state index contributed by atoms with van der Waals surface area (Å²) >= 11 is 0. The van der Waals surface area contributed by atoms with Crippen LogP contribution < -0.4 is 10.2 Å². The van der Waals surface area contributed by atoms with Gasteiger partial charge in [-0.25, -0.2) is 0 Å². The van der Waals surface area contributed by atoms with Gasteiger partial charge in [-0.2, -0.15) is 0 Å². The smallest absolute Gasteiger partial charge is 0.244 e. The number of benzene rings is 1. The van der Waals surface area contributed by atoms with Gasteiger partial charge in [-0.3, -0.25) is 4.79 Å². The Morgan fingerprint density at radius 3 is 2.56 bits per heavy atom. The molecule has 1 aliphatic heterocycles. The van der Waals surface area contributed by atoms with Gasteiger partial charge >= 0.3 is 0 Å². The fourth-order valence-electron chi connectivity index (χ4n) is 2.52. The van der Waals surface area contributed by atoms with Crippen molar-refractivity contribution in [1.29, 1.82) is 0 Å². The van der Waals surface area contributed by atoms with Crippen LogP contribution in [0.3, 0.4) is 0 Å². The number of likely N-dealkylation sites (N-methyl/N-ethyl adjacent to an activating group) is 1. The first kappa shape index (κ1) is 13.1. The Hall–Kier alpha value is -1.35. The quantitative estimate of drug-likeness (QED) is 0.888. The average molecular weight is 246 g/mol. The maximum atomic E-state index is 12.5. The van der Waals surface area contributed by atoms with Gasteiger partial charge < -0.3 is 10.2 Å². The summed E-state index contributed by atoms with van der Waals surface area (Å²) in [5.41, 5.74) is 2.21. The first-order valence-corrected chi connectivity index (χ1v) is 6.75. The average Bonchev–Trinajstić information content (AvgIpc) is 2.78. The van der Waals surface area contributed by atoms with Crippen LogP contribution >= 0.6 is 0 Å². The third-order valence-corrected chi connectivity index (χ3v) is 3.73. The molecule has 2 atom stereocenters. The van der Waals surface area contributed by atoms with Gasteiger partial charge in [-0.1, -0.05) is 24.6 Å². The number of amides is 1. The molecule has 0 spiro atoms. The zero-order chi connectivity index (χ0) is 13.1. The second kappa shape index (κ2) is 5.53. The van der Waals surface area contributed by atoms with Crippen molar-refractivity contribution in [3.8, 4) is 0 Å². The zero-order valence-electron chi connectivity index (χ0n) is 11.4. The van der Waals surface area contributed by atoms with Crippen molar-refractivity contribution >= 4 is 11.6 Å². The first-order valence-electron chi connectivity index (χ1n) is 6.75. The van der Waals surface area contributed by atoms with Crippen LogP contribution in [0.1, 0.15) is 25.8 Å². The third kappa shape index (κ3) is 2.56. The number of nitrogens with zero attached hydrogens (tertiary/aromatic N) is 1. The summed E-state index contributed by atoms with van der Waals surface area (Å²) in [5, 5.41) is 3.31. The molecule has 0 aliphatic carbocycles. The van der Waals surface area contributed by atoms with E-state index in [1.54, 1.807) is 0 Å². The standard InChI is InChI=1S/C15H22N2O/c1-4-17(13-7-5-11(2)6-8-13)15(18)14-12(3)9-10-16-14/h5-8,12,14,16H,4,9-10H2,1-3H3. The molecule has 0 radical (unpaired) electrons. The summed E-state index contributed by atoms with van der Waals surface area (Å²) in [5.74, 6) is 0.628. The number of rotatable bonds is 3. The van der Waals surface area contributed by atoms with Crippen LogP contribution in [0.2, 0.25) is 0 Å². The van der Waals surface area contributed by atoms with Gasteiger partial charge in [0.25, 0.3) is 0 Å². The van der Waals surface area contributed by atoms with E-state index < -0.39 is 0 Å². The minimum Gasteiger partial charge on any atom is -0.311 e. The molecule has 2 rings (SSSR count). The number of carbonyl (C=O) groups is 1. The molecular formula is C15H22N2O. The Morgan fingerprint density at radius 2 is 2.06 bits per heavy atom. The number of nitrogens with one attached hydrogen (secondary N) is 1. The molecule has 3 heteroatoms. The fraction of sp³-hybridized carbons (Fsp3) is 0.533. The maximum Gasteiger partial charge on any atom is 0.244 e. The Labute approximate surface area is 109 Å². The molecule has 98 valence electrons. The largest absolute Gasteiger partial charge is 0.311 e. The van der Waals surface area contributed by atoms with E-state index in [1.807, 2.05) is 24.0 Å². The van der Waals surface area contributed by atoms with Gasteiger partial charge in [0, 0.05) is 12.2 Å². The van der Waals surface area contributed by atoms with Crippen molar-refractivity contribution in [2.75, 3.05) is 18.0 Å². The van der Waals surface area contributed by atoms with Crippen molar-refractivity contribution in [1.82, 2.24) is 5.32 Å². The fourth-order valence-corrected chi connectivity index (χ4v) is 2.52. The molecule has 1 aromatic carbocycles. The van der Waals surface area contributed by atoms with E-state index in [0.717, 1.165) is 18.7 Å². The SMILES string of the molecule is CCN(C(=O)C1NCCC1C)c1ccc(C)cc1. The molecule has 1 aliphatic rings. The van der Waals surface area contributed by atoms with E-state index in [1.165, 1.54) is 5.56 Å². The monoisotopic (exact) mass is 246 g/mol. The zero-order valence-corrected chi connectivity index (χ0v) is 11.4. The lowest BCUT2D eigenvalue weighted by atomic mass is 10.0. The number of aryl methyl sites for hydroxylation is 1. The lowest BCUT2D eigenvalue weighted by molar-refractivity contribution is -0.121. The van der Waals surface area contributed by atoms with Crippen molar-refractivity contribution in [3.63, 3.8) is 0 Å². The molecule has 1 saturated heterocycles. The molecule has 1 aromatic rings. The summed E-state index contributed by atoms with van der Waals surface area (Å²) in [6.45, 7) is 7.89. The van der Waals surface area contributed by atoms with Crippen LogP contribution in [0.5, 0.6) is 0 Å². The van der Waals surface area contributed by atoms with Gasteiger partial charge in [0.05, 0.1) is 6.04 Å². The van der Waals surface area contributed by atoms with E-state index in [4.69, 9.17) is 0 Å². The summed E-state index contributed by atoms with van der Waals surface area (Å²) in [7, 11) is 0. The van der Waals surface area contributed by atoms with Gasteiger partial charge in [0.2, 0.25) is 5.91 Å². The van der Waals surface area contributed by atoms with E-state index in [-0.39, 0.29) is 11.9 Å². The molecular weight excluding hydrogens is 224 g/mol. The van der Waals surface area contributed by atoms with E-state index in [0.29, 0.717) is 12.5 Å². The van der Waals surface area contributed by atoms with Crippen molar-refractivity contribution in [2.45, 2.75) is 33.2 Å². The Balaban J connectivity index is 2.17. The van der Waals surface area contributed by atoms with Gasteiger partial charge in [-0.15, -0.1) is 0 Å².